The number of amides is 1. The van der Waals surface area contributed by atoms with E-state index < -0.39 is 28.5 Å². The summed E-state index contributed by atoms with van der Waals surface area (Å²) in [5.74, 6) is -0.451. The maximum absolute atomic E-state index is 13.7. The van der Waals surface area contributed by atoms with Crippen molar-refractivity contribution >= 4 is 38.4 Å². The maximum atomic E-state index is 13.7. The Labute approximate surface area is 239 Å². The van der Waals surface area contributed by atoms with Gasteiger partial charge in [-0.15, -0.1) is 0 Å². The molecule has 0 unspecified atom stereocenters. The number of Topliss-reactive ketones (excluding diaryl/α,β-unsaturated/α-hetero) is 1. The molecule has 0 spiro atoms. The number of anilines is 1. The number of sulfonamides is 1. The van der Waals surface area contributed by atoms with Gasteiger partial charge in [-0.3, -0.25) is 10.1 Å². The predicted octanol–water partition coefficient (Wildman–Crippen LogP) is 6.66. The largest absolute Gasteiger partial charge is 0.441 e. The van der Waals surface area contributed by atoms with Gasteiger partial charge in [-0.1, -0.05) is 91.0 Å². The average molecular weight is 565 g/mol. The number of nitrogens with one attached hydrogen (secondary N) is 1. The first-order valence-electron chi connectivity index (χ1n) is 13.0. The van der Waals surface area contributed by atoms with Gasteiger partial charge in [0.25, 0.3) is 0 Å². The molecule has 0 aliphatic rings. The van der Waals surface area contributed by atoms with Crippen LogP contribution in [-0.4, -0.2) is 31.2 Å². The summed E-state index contributed by atoms with van der Waals surface area (Å²) in [5, 5.41) is 4.62. The molecule has 0 saturated carbocycles. The number of hydrogen-bond donors (Lipinski definition) is 1. The van der Waals surface area contributed by atoms with E-state index in [4.69, 9.17) is 4.74 Å². The summed E-state index contributed by atoms with van der Waals surface area (Å²) in [6.45, 7) is -0.0997. The molecule has 5 rings (SSSR count). The quantitative estimate of drug-likeness (QED) is 0.192. The maximum Gasteiger partial charge on any atom is 0.412 e. The van der Waals surface area contributed by atoms with Gasteiger partial charge in [0.2, 0.25) is 10.0 Å². The Morgan fingerprint density at radius 2 is 1.22 bits per heavy atom. The van der Waals surface area contributed by atoms with Crippen molar-refractivity contribution in [1.29, 1.82) is 0 Å². The van der Waals surface area contributed by atoms with Gasteiger partial charge in [0.15, 0.2) is 12.4 Å². The zero-order valence-corrected chi connectivity index (χ0v) is 23.0. The van der Waals surface area contributed by atoms with Gasteiger partial charge in [0.05, 0.1) is 4.90 Å². The molecule has 8 heteroatoms. The van der Waals surface area contributed by atoms with Gasteiger partial charge in [-0.05, 0) is 58.3 Å². The molecule has 41 heavy (non-hydrogen) atoms. The van der Waals surface area contributed by atoms with Crippen LogP contribution in [0.2, 0.25) is 0 Å². The minimum atomic E-state index is -3.89. The third kappa shape index (κ3) is 7.05. The van der Waals surface area contributed by atoms with Crippen LogP contribution in [0.1, 0.15) is 21.5 Å². The molecule has 0 aliphatic carbocycles. The minimum absolute atomic E-state index is 0.0656. The smallest absolute Gasteiger partial charge is 0.412 e. The normalized spacial score (nSPS) is 11.3. The molecule has 0 atom stereocenters. The van der Waals surface area contributed by atoms with Crippen molar-refractivity contribution in [1.82, 2.24) is 4.31 Å². The lowest BCUT2D eigenvalue weighted by Gasteiger charge is -2.23. The first-order valence-corrected chi connectivity index (χ1v) is 14.5. The van der Waals surface area contributed by atoms with Crippen LogP contribution in [0.5, 0.6) is 0 Å². The topological polar surface area (TPSA) is 92.8 Å². The SMILES string of the molecule is O=C(Nc1ccc2ccccc2c1)OCC(=O)c1ccc(S(=O)(=O)N(Cc2ccccc2)Cc2ccccc2)cc1. The summed E-state index contributed by atoms with van der Waals surface area (Å²) < 4.78 is 33.8. The minimum Gasteiger partial charge on any atom is -0.441 e. The van der Waals surface area contributed by atoms with Crippen molar-refractivity contribution in [2.75, 3.05) is 11.9 Å². The van der Waals surface area contributed by atoms with E-state index in [0.717, 1.165) is 21.9 Å². The van der Waals surface area contributed by atoms with Crippen molar-refractivity contribution in [2.24, 2.45) is 0 Å². The molecular formula is C33H28N2O5S. The Morgan fingerprint density at radius 1 is 0.659 bits per heavy atom. The Morgan fingerprint density at radius 3 is 1.83 bits per heavy atom. The highest BCUT2D eigenvalue weighted by molar-refractivity contribution is 7.89. The Kier molecular flexibility index (Phi) is 8.53. The highest BCUT2D eigenvalue weighted by atomic mass is 32.2. The number of fused-ring (bicyclic) bond motifs is 1. The van der Waals surface area contributed by atoms with E-state index in [1.165, 1.54) is 28.6 Å². The number of ether oxygens (including phenoxy) is 1. The van der Waals surface area contributed by atoms with Gasteiger partial charge in [0.1, 0.15) is 0 Å². The van der Waals surface area contributed by atoms with E-state index in [9.17, 15) is 18.0 Å². The molecule has 0 radical (unpaired) electrons. The van der Waals surface area contributed by atoms with E-state index in [1.54, 1.807) is 6.07 Å². The van der Waals surface area contributed by atoms with Gasteiger partial charge in [-0.25, -0.2) is 13.2 Å². The third-order valence-corrected chi connectivity index (χ3v) is 8.35. The second-order valence-electron chi connectivity index (χ2n) is 9.45. The Hall–Kier alpha value is -4.79. The fourth-order valence-electron chi connectivity index (χ4n) is 4.40. The molecule has 0 fully saturated rings. The van der Waals surface area contributed by atoms with Crippen LogP contribution in [0.25, 0.3) is 10.8 Å². The van der Waals surface area contributed by atoms with Crippen LogP contribution in [-0.2, 0) is 27.8 Å². The number of rotatable bonds is 10. The Balaban J connectivity index is 1.24. The number of benzene rings is 5. The van der Waals surface area contributed by atoms with Crippen LogP contribution >= 0.6 is 0 Å². The molecule has 0 bridgehead atoms. The van der Waals surface area contributed by atoms with Crippen molar-refractivity contribution in [3.63, 3.8) is 0 Å². The summed E-state index contributed by atoms with van der Waals surface area (Å²) in [4.78, 5) is 25.0. The van der Waals surface area contributed by atoms with E-state index in [1.807, 2.05) is 97.1 Å². The molecule has 0 aromatic heterocycles. The fraction of sp³-hybridized carbons (Fsp3) is 0.0909. The zero-order chi connectivity index (χ0) is 28.7. The number of nitrogens with zero attached hydrogens (tertiary/aromatic N) is 1. The molecule has 7 nitrogen and oxygen atoms in total. The van der Waals surface area contributed by atoms with Crippen LogP contribution in [0.4, 0.5) is 10.5 Å². The lowest BCUT2D eigenvalue weighted by atomic mass is 10.1. The zero-order valence-electron chi connectivity index (χ0n) is 22.1. The van der Waals surface area contributed by atoms with E-state index in [2.05, 4.69) is 5.32 Å². The lowest BCUT2D eigenvalue weighted by Crippen LogP contribution is -2.30. The Bertz CT molecular complexity index is 1720. The summed E-state index contributed by atoms with van der Waals surface area (Å²) in [7, 11) is -3.89. The molecule has 5 aromatic rings. The summed E-state index contributed by atoms with van der Waals surface area (Å²) in [5.41, 5.74) is 2.50. The van der Waals surface area contributed by atoms with Crippen LogP contribution in [0.3, 0.4) is 0 Å². The highest BCUT2D eigenvalue weighted by Crippen LogP contribution is 2.22. The molecule has 1 amide bonds. The molecular weight excluding hydrogens is 536 g/mol. The van der Waals surface area contributed by atoms with Gasteiger partial charge < -0.3 is 4.74 Å². The van der Waals surface area contributed by atoms with Crippen molar-refractivity contribution in [2.45, 2.75) is 18.0 Å². The van der Waals surface area contributed by atoms with Gasteiger partial charge in [-0.2, -0.15) is 4.31 Å². The average Bonchev–Trinajstić information content (AvgIpc) is 3.00. The number of carbonyl (C=O) groups excluding carboxylic acids is 2. The standard InChI is InChI=1S/C33H28N2O5S/c36-32(24-40-33(37)34-30-18-15-27-13-7-8-14-29(27)21-30)28-16-19-31(20-17-28)41(38,39)35(22-25-9-3-1-4-10-25)23-26-11-5-2-6-12-26/h1-21H,22-24H2,(H,34,37). The lowest BCUT2D eigenvalue weighted by molar-refractivity contribution is 0.0863. The number of carbonyl (C=O) groups is 2. The summed E-state index contributed by atoms with van der Waals surface area (Å²) in [6.07, 6.45) is -0.759. The van der Waals surface area contributed by atoms with E-state index >= 15 is 0 Å². The van der Waals surface area contributed by atoms with Crippen molar-refractivity contribution in [3.8, 4) is 0 Å². The summed E-state index contributed by atoms with van der Waals surface area (Å²) >= 11 is 0. The molecule has 5 aromatic carbocycles. The molecule has 0 heterocycles. The number of ketones is 1. The van der Waals surface area contributed by atoms with Crippen LogP contribution in [0, 0.1) is 0 Å². The van der Waals surface area contributed by atoms with Gasteiger partial charge in [0, 0.05) is 24.3 Å². The second-order valence-corrected chi connectivity index (χ2v) is 11.4. The van der Waals surface area contributed by atoms with Crippen LogP contribution < -0.4 is 5.32 Å². The first kappa shape index (κ1) is 27.8. The van der Waals surface area contributed by atoms with E-state index in [0.29, 0.717) is 5.69 Å². The van der Waals surface area contributed by atoms with Crippen molar-refractivity contribution in [3.05, 3.63) is 144 Å². The van der Waals surface area contributed by atoms with Crippen molar-refractivity contribution < 1.29 is 22.7 Å². The third-order valence-electron chi connectivity index (χ3n) is 6.55. The first-order chi connectivity index (χ1) is 19.9. The second kappa shape index (κ2) is 12.6. The molecule has 0 saturated heterocycles. The van der Waals surface area contributed by atoms with Crippen LogP contribution in [0.15, 0.2) is 132 Å². The highest BCUT2D eigenvalue weighted by Gasteiger charge is 2.25. The molecule has 1 N–H and O–H groups in total. The predicted molar refractivity (Wildman–Crippen MR) is 159 cm³/mol. The summed E-state index contributed by atoms with van der Waals surface area (Å²) in [6, 6.07) is 37.6. The molecule has 0 aliphatic heterocycles. The fourth-order valence-corrected chi connectivity index (χ4v) is 5.81. The number of hydrogen-bond acceptors (Lipinski definition) is 5. The molecule has 206 valence electrons. The monoisotopic (exact) mass is 564 g/mol. The van der Waals surface area contributed by atoms with Gasteiger partial charge >= 0.3 is 6.09 Å². The van der Waals surface area contributed by atoms with E-state index in [-0.39, 0.29) is 23.5 Å².